The van der Waals surface area contributed by atoms with Crippen LogP contribution in [0.4, 0.5) is 0 Å². The number of thioether (sulfide) groups is 1. The number of hydrogen-bond donors (Lipinski definition) is 1. The van der Waals surface area contributed by atoms with E-state index in [-0.39, 0.29) is 0 Å². The quantitative estimate of drug-likeness (QED) is 0.560. The summed E-state index contributed by atoms with van der Waals surface area (Å²) in [5.41, 5.74) is 2.40. The van der Waals surface area contributed by atoms with Gasteiger partial charge in [-0.2, -0.15) is 0 Å². The lowest BCUT2D eigenvalue weighted by Gasteiger charge is -2.01. The molecule has 1 N–H and O–H groups in total. The summed E-state index contributed by atoms with van der Waals surface area (Å²) in [5, 5.41) is 1.25. The van der Waals surface area contributed by atoms with Crippen molar-refractivity contribution in [3.63, 3.8) is 0 Å². The molecule has 0 fully saturated rings. The largest absolute Gasteiger partial charge is 0.481 e. The minimum absolute atomic E-state index is 0.428. The van der Waals surface area contributed by atoms with Crippen LogP contribution in [0.2, 0.25) is 0 Å². The molecule has 0 radical (unpaired) electrons. The van der Waals surface area contributed by atoms with E-state index in [9.17, 15) is 0 Å². The summed E-state index contributed by atoms with van der Waals surface area (Å²) < 4.78 is 5.58. The fourth-order valence-electron chi connectivity index (χ4n) is 2.13. The Balaban J connectivity index is 1.48. The summed E-state index contributed by atoms with van der Waals surface area (Å²) in [5.74, 6) is 7.83. The summed E-state index contributed by atoms with van der Waals surface area (Å²) in [6.07, 6.45) is 2.04. The summed E-state index contributed by atoms with van der Waals surface area (Å²) in [6, 6.07) is 16.3. The molecule has 3 rings (SSSR count). The number of hydrogen-bond acceptors (Lipinski definition) is 2. The first-order valence-electron chi connectivity index (χ1n) is 7.17. The van der Waals surface area contributed by atoms with E-state index in [1.54, 1.807) is 11.8 Å². The Bertz CT molecular complexity index is 809. The van der Waals surface area contributed by atoms with Gasteiger partial charge in [-0.15, -0.1) is 11.8 Å². The van der Waals surface area contributed by atoms with Crippen molar-refractivity contribution in [3.8, 4) is 17.6 Å². The van der Waals surface area contributed by atoms with Gasteiger partial charge in [-0.3, -0.25) is 0 Å². The zero-order valence-corrected chi connectivity index (χ0v) is 13.2. The molecule has 2 aromatic carbocycles. The molecule has 0 saturated carbocycles. The predicted molar refractivity (Wildman–Crippen MR) is 93.5 cm³/mol. The molecule has 0 saturated heterocycles. The molecule has 0 atom stereocenters. The number of aryl methyl sites for hydroxylation is 1. The van der Waals surface area contributed by atoms with Gasteiger partial charge in [0.1, 0.15) is 12.4 Å². The highest BCUT2D eigenvalue weighted by Crippen LogP contribution is 2.27. The number of fused-ring (bicyclic) bond motifs is 1. The van der Waals surface area contributed by atoms with Crippen LogP contribution in [0.1, 0.15) is 5.56 Å². The van der Waals surface area contributed by atoms with Crippen molar-refractivity contribution < 1.29 is 4.74 Å². The third-order valence-corrected chi connectivity index (χ3v) is 4.25. The van der Waals surface area contributed by atoms with Crippen molar-refractivity contribution in [3.05, 3.63) is 60.3 Å². The Kier molecular flexibility index (Phi) is 4.72. The molecule has 2 nitrogen and oxygen atoms in total. The Hall–Kier alpha value is -2.31. The van der Waals surface area contributed by atoms with E-state index in [4.69, 9.17) is 4.74 Å². The molecule has 0 unspecified atom stereocenters. The number of ether oxygens (including phenoxy) is 1. The smallest absolute Gasteiger partial charge is 0.149 e. The lowest BCUT2D eigenvalue weighted by molar-refractivity contribution is 0.370. The number of H-pyrrole nitrogens is 1. The Labute approximate surface area is 134 Å². The minimum atomic E-state index is 0.428. The van der Waals surface area contributed by atoms with E-state index in [1.807, 2.05) is 36.5 Å². The average Bonchev–Trinajstić information content (AvgIpc) is 2.96. The minimum Gasteiger partial charge on any atom is -0.481 e. The van der Waals surface area contributed by atoms with Gasteiger partial charge in [0.25, 0.3) is 0 Å². The maximum atomic E-state index is 5.58. The first-order chi connectivity index (χ1) is 10.8. The molecule has 110 valence electrons. The Morgan fingerprint density at radius 1 is 1.05 bits per heavy atom. The molecule has 0 amide bonds. The van der Waals surface area contributed by atoms with Crippen molar-refractivity contribution in [2.75, 3.05) is 12.4 Å². The lowest BCUT2D eigenvalue weighted by atomic mass is 10.2. The normalized spacial score (nSPS) is 10.2. The van der Waals surface area contributed by atoms with Crippen LogP contribution in [0.3, 0.4) is 0 Å². The number of aromatic amines is 1. The molecule has 3 heteroatoms. The van der Waals surface area contributed by atoms with Gasteiger partial charge in [0.15, 0.2) is 0 Å². The predicted octanol–water partition coefficient (Wildman–Crippen LogP) is 4.65. The fraction of sp³-hybridized carbons (Fsp3) is 0.158. The van der Waals surface area contributed by atoms with Crippen LogP contribution in [0.5, 0.6) is 5.75 Å². The zero-order valence-electron chi connectivity index (χ0n) is 12.4. The molecular weight excluding hydrogens is 290 g/mol. The highest BCUT2D eigenvalue weighted by molar-refractivity contribution is 7.99. The Morgan fingerprint density at radius 3 is 2.73 bits per heavy atom. The van der Waals surface area contributed by atoms with Gasteiger partial charge >= 0.3 is 0 Å². The average molecular weight is 307 g/mol. The molecule has 0 spiro atoms. The molecule has 22 heavy (non-hydrogen) atoms. The molecule has 1 heterocycles. The summed E-state index contributed by atoms with van der Waals surface area (Å²) in [6.45, 7) is 2.49. The van der Waals surface area contributed by atoms with Crippen molar-refractivity contribution in [1.82, 2.24) is 4.98 Å². The molecule has 0 aliphatic heterocycles. The third kappa shape index (κ3) is 3.66. The first-order valence-corrected chi connectivity index (χ1v) is 8.15. The van der Waals surface area contributed by atoms with Crippen LogP contribution in [0, 0.1) is 18.8 Å². The molecular formula is C19H17NOS. The van der Waals surface area contributed by atoms with Crippen molar-refractivity contribution in [2.24, 2.45) is 0 Å². The van der Waals surface area contributed by atoms with Gasteiger partial charge in [0.05, 0.1) is 5.75 Å². The lowest BCUT2D eigenvalue weighted by Crippen LogP contribution is -1.93. The van der Waals surface area contributed by atoms with Crippen LogP contribution in [-0.4, -0.2) is 17.3 Å². The van der Waals surface area contributed by atoms with E-state index < -0.39 is 0 Å². The van der Waals surface area contributed by atoms with Gasteiger partial charge in [-0.25, -0.2) is 0 Å². The molecule has 3 aromatic rings. The van der Waals surface area contributed by atoms with Crippen molar-refractivity contribution in [2.45, 2.75) is 11.8 Å². The van der Waals surface area contributed by atoms with Crippen LogP contribution in [0.15, 0.2) is 59.6 Å². The zero-order chi connectivity index (χ0) is 15.2. The number of benzene rings is 2. The maximum Gasteiger partial charge on any atom is 0.149 e. The van der Waals surface area contributed by atoms with Crippen LogP contribution in [0.25, 0.3) is 10.9 Å². The molecule has 0 bridgehead atoms. The number of rotatable bonds is 4. The van der Waals surface area contributed by atoms with Crippen LogP contribution < -0.4 is 4.74 Å². The second-order valence-corrected chi connectivity index (χ2v) is 5.96. The van der Waals surface area contributed by atoms with E-state index in [2.05, 4.69) is 41.9 Å². The summed E-state index contributed by atoms with van der Waals surface area (Å²) >= 11 is 1.74. The molecule has 1 aromatic heterocycles. The second kappa shape index (κ2) is 7.11. The van der Waals surface area contributed by atoms with Gasteiger partial charge in [0.2, 0.25) is 0 Å². The highest BCUT2D eigenvalue weighted by Gasteiger charge is 2.01. The SMILES string of the molecule is Cc1ccc(OCC#CCSc2c[nH]c3ccccc23)cc1. The van der Waals surface area contributed by atoms with E-state index in [0.717, 1.165) is 11.5 Å². The van der Waals surface area contributed by atoms with E-state index in [0.29, 0.717) is 6.61 Å². The number of nitrogens with one attached hydrogen (secondary N) is 1. The monoisotopic (exact) mass is 307 g/mol. The van der Waals surface area contributed by atoms with E-state index in [1.165, 1.54) is 21.4 Å². The second-order valence-electron chi connectivity index (χ2n) is 4.94. The molecule has 0 aliphatic carbocycles. The maximum absolute atomic E-state index is 5.58. The number of aromatic nitrogens is 1. The van der Waals surface area contributed by atoms with Gasteiger partial charge in [0, 0.05) is 22.0 Å². The van der Waals surface area contributed by atoms with Crippen molar-refractivity contribution >= 4 is 22.7 Å². The van der Waals surface area contributed by atoms with Gasteiger partial charge in [-0.1, -0.05) is 47.7 Å². The third-order valence-electron chi connectivity index (χ3n) is 3.31. The topological polar surface area (TPSA) is 25.0 Å². The standard InChI is InChI=1S/C19H17NOS/c1-15-8-10-16(11-9-15)21-12-4-5-13-22-19-14-20-18-7-3-2-6-17(18)19/h2-3,6-11,14,20H,12-13H2,1H3. The van der Waals surface area contributed by atoms with Gasteiger partial charge < -0.3 is 9.72 Å². The van der Waals surface area contributed by atoms with Gasteiger partial charge in [-0.05, 0) is 25.1 Å². The fourth-order valence-corrected chi connectivity index (χ4v) is 2.94. The Morgan fingerprint density at radius 2 is 1.86 bits per heavy atom. The van der Waals surface area contributed by atoms with E-state index >= 15 is 0 Å². The van der Waals surface area contributed by atoms with Crippen LogP contribution in [-0.2, 0) is 0 Å². The molecule has 0 aliphatic rings. The first kappa shape index (κ1) is 14.6. The van der Waals surface area contributed by atoms with Crippen molar-refractivity contribution in [1.29, 1.82) is 0 Å². The number of para-hydroxylation sites is 1. The van der Waals surface area contributed by atoms with Crippen LogP contribution >= 0.6 is 11.8 Å². The summed E-state index contributed by atoms with van der Waals surface area (Å²) in [4.78, 5) is 4.51. The highest BCUT2D eigenvalue weighted by atomic mass is 32.2. The summed E-state index contributed by atoms with van der Waals surface area (Å²) in [7, 11) is 0.